The Hall–Kier alpha value is -2.38. The fourth-order valence-electron chi connectivity index (χ4n) is 4.52. The number of benzene rings is 1. The number of rotatable bonds is 5. The van der Waals surface area contributed by atoms with Crippen LogP contribution in [0.4, 0.5) is 8.78 Å². The van der Waals surface area contributed by atoms with Crippen molar-refractivity contribution in [2.45, 2.75) is 71.5 Å². The van der Waals surface area contributed by atoms with Crippen molar-refractivity contribution in [3.05, 3.63) is 51.5 Å². The minimum Gasteiger partial charge on any atom is -0.467 e. The Morgan fingerprint density at radius 2 is 1.79 bits per heavy atom. The molecule has 1 atom stereocenters. The van der Waals surface area contributed by atoms with Crippen LogP contribution < -0.4 is 0 Å². The van der Waals surface area contributed by atoms with Crippen molar-refractivity contribution in [2.75, 3.05) is 7.11 Å². The third kappa shape index (κ3) is 4.66. The highest BCUT2D eigenvalue weighted by atomic mass is 32.1. The first-order chi connectivity index (χ1) is 15.6. The van der Waals surface area contributed by atoms with Crippen molar-refractivity contribution in [3.8, 4) is 11.1 Å². The zero-order valence-corrected chi connectivity index (χ0v) is 20.4. The fourth-order valence-corrected chi connectivity index (χ4v) is 5.83. The van der Waals surface area contributed by atoms with Gasteiger partial charge in [-0.05, 0) is 64.5 Å². The lowest BCUT2D eigenvalue weighted by Gasteiger charge is -2.29. The van der Waals surface area contributed by atoms with Gasteiger partial charge in [-0.1, -0.05) is 24.3 Å². The van der Waals surface area contributed by atoms with E-state index in [1.807, 2.05) is 27.7 Å². The number of hydrogen-bond donors (Lipinski definition) is 0. The second-order valence-electron chi connectivity index (χ2n) is 9.43. The molecule has 1 aliphatic rings. The van der Waals surface area contributed by atoms with E-state index >= 15 is 0 Å². The summed E-state index contributed by atoms with van der Waals surface area (Å²) in [5, 5.41) is 1.01. The van der Waals surface area contributed by atoms with Gasteiger partial charge in [-0.3, -0.25) is 0 Å². The number of aryl methyl sites for hydroxylation is 3. The molecule has 1 aromatic carbocycles. The molecule has 7 heteroatoms. The van der Waals surface area contributed by atoms with Crippen LogP contribution >= 0.6 is 11.3 Å². The fraction of sp³-hybridized carbons (Fsp3) is 0.462. The van der Waals surface area contributed by atoms with Crippen molar-refractivity contribution < 1.29 is 23.0 Å². The number of thiophene rings is 1. The molecule has 33 heavy (non-hydrogen) atoms. The van der Waals surface area contributed by atoms with Crippen LogP contribution in [0.15, 0.2) is 24.3 Å². The first-order valence-corrected chi connectivity index (χ1v) is 12.0. The number of hydrogen-bond acceptors (Lipinski definition) is 5. The third-order valence-corrected chi connectivity index (χ3v) is 7.12. The molecule has 0 saturated heterocycles. The Bertz CT molecular complexity index is 1180. The maximum atomic E-state index is 13.2. The largest absolute Gasteiger partial charge is 0.467 e. The van der Waals surface area contributed by atoms with Crippen LogP contribution in [-0.4, -0.2) is 23.7 Å². The summed E-state index contributed by atoms with van der Waals surface area (Å²) in [5.41, 5.74) is 3.51. The quantitative estimate of drug-likeness (QED) is 0.370. The molecule has 0 saturated carbocycles. The summed E-state index contributed by atoms with van der Waals surface area (Å²) in [6.07, 6.45) is 0.639. The maximum Gasteiger partial charge on any atom is 0.339 e. The van der Waals surface area contributed by atoms with Gasteiger partial charge in [0.25, 0.3) is 6.43 Å². The molecule has 4 rings (SSSR count). The number of halogens is 2. The molecule has 2 heterocycles. The Morgan fingerprint density at radius 3 is 2.39 bits per heavy atom. The number of ether oxygens (including phenoxy) is 2. The van der Waals surface area contributed by atoms with Crippen molar-refractivity contribution in [1.82, 2.24) is 4.98 Å². The summed E-state index contributed by atoms with van der Waals surface area (Å²) >= 11 is 1.69. The van der Waals surface area contributed by atoms with Gasteiger partial charge in [0, 0.05) is 32.6 Å². The number of carbonyl (C=O) groups is 1. The predicted octanol–water partition coefficient (Wildman–Crippen LogP) is 7.12. The molecule has 0 N–H and O–H groups in total. The lowest BCUT2D eigenvalue weighted by atomic mass is 9.87. The second kappa shape index (κ2) is 9.11. The highest BCUT2D eigenvalue weighted by Gasteiger charge is 2.34. The summed E-state index contributed by atoms with van der Waals surface area (Å²) in [5.74, 6) is -0.510. The molecule has 0 bridgehead atoms. The third-order valence-electron chi connectivity index (χ3n) is 5.93. The van der Waals surface area contributed by atoms with Gasteiger partial charge in [0.1, 0.15) is 4.83 Å². The lowest BCUT2D eigenvalue weighted by Crippen LogP contribution is -2.29. The number of nitrogens with zero attached hydrogens (tertiary/aromatic N) is 1. The van der Waals surface area contributed by atoms with E-state index in [0.29, 0.717) is 11.3 Å². The number of carbonyl (C=O) groups excluding carboxylic acids is 1. The van der Waals surface area contributed by atoms with Gasteiger partial charge in [-0.15, -0.1) is 11.3 Å². The molecule has 0 radical (unpaired) electrons. The molecule has 0 spiro atoms. The zero-order valence-electron chi connectivity index (χ0n) is 19.6. The zero-order chi connectivity index (χ0) is 23.9. The van der Waals surface area contributed by atoms with Crippen molar-refractivity contribution in [2.24, 2.45) is 0 Å². The van der Waals surface area contributed by atoms with Gasteiger partial charge in [0.2, 0.25) is 0 Å². The van der Waals surface area contributed by atoms with Crippen LogP contribution in [0.25, 0.3) is 21.3 Å². The normalized spacial score (nSPS) is 15.0. The van der Waals surface area contributed by atoms with Gasteiger partial charge in [0.15, 0.2) is 6.10 Å². The van der Waals surface area contributed by atoms with E-state index in [-0.39, 0.29) is 5.56 Å². The van der Waals surface area contributed by atoms with Crippen LogP contribution in [0.1, 0.15) is 73.4 Å². The van der Waals surface area contributed by atoms with E-state index in [2.05, 4.69) is 0 Å². The molecule has 0 aliphatic heterocycles. The summed E-state index contributed by atoms with van der Waals surface area (Å²) < 4.78 is 37.8. The van der Waals surface area contributed by atoms with Gasteiger partial charge >= 0.3 is 5.97 Å². The number of pyridine rings is 1. The highest BCUT2D eigenvalue weighted by Crippen LogP contribution is 2.46. The lowest BCUT2D eigenvalue weighted by molar-refractivity contribution is -0.164. The summed E-state index contributed by atoms with van der Waals surface area (Å²) in [6.45, 7) is 7.52. The number of methoxy groups -OCH3 is 1. The van der Waals surface area contributed by atoms with Crippen LogP contribution in [0.3, 0.4) is 0 Å². The van der Waals surface area contributed by atoms with E-state index in [0.717, 1.165) is 47.0 Å². The molecule has 176 valence electrons. The SMILES string of the molecule is COC(=O)[C@@H](OC(C)(C)C)c1c(C)nc2sc3c(c2c1-c1ccc(C(F)F)cc1)CCCC3. The summed E-state index contributed by atoms with van der Waals surface area (Å²) in [7, 11) is 1.34. The van der Waals surface area contributed by atoms with Crippen molar-refractivity contribution >= 4 is 27.5 Å². The topological polar surface area (TPSA) is 48.4 Å². The van der Waals surface area contributed by atoms with E-state index in [4.69, 9.17) is 14.5 Å². The summed E-state index contributed by atoms with van der Waals surface area (Å²) in [4.78, 5) is 20.1. The molecule has 0 fully saturated rings. The molecule has 0 amide bonds. The Labute approximate surface area is 196 Å². The Kier molecular flexibility index (Phi) is 6.56. The van der Waals surface area contributed by atoms with E-state index in [1.54, 1.807) is 23.5 Å². The van der Waals surface area contributed by atoms with E-state index in [1.165, 1.54) is 29.7 Å². The monoisotopic (exact) mass is 473 g/mol. The highest BCUT2D eigenvalue weighted by molar-refractivity contribution is 7.19. The Morgan fingerprint density at radius 1 is 1.12 bits per heavy atom. The minimum atomic E-state index is -2.54. The van der Waals surface area contributed by atoms with E-state index < -0.39 is 24.1 Å². The molecule has 3 aromatic rings. The molecular formula is C26H29F2NO3S. The minimum absolute atomic E-state index is 0.0369. The van der Waals surface area contributed by atoms with Crippen LogP contribution in [0, 0.1) is 6.92 Å². The average Bonchev–Trinajstić information content (AvgIpc) is 3.13. The maximum absolute atomic E-state index is 13.2. The molecule has 1 aliphatic carbocycles. The van der Waals surface area contributed by atoms with Crippen molar-refractivity contribution in [1.29, 1.82) is 0 Å². The van der Waals surface area contributed by atoms with Gasteiger partial charge in [-0.2, -0.15) is 0 Å². The first-order valence-electron chi connectivity index (χ1n) is 11.2. The summed E-state index contributed by atoms with van der Waals surface area (Å²) in [6, 6.07) is 6.30. The first kappa shape index (κ1) is 23.8. The number of esters is 1. The van der Waals surface area contributed by atoms with Gasteiger partial charge in [-0.25, -0.2) is 18.6 Å². The van der Waals surface area contributed by atoms with Crippen LogP contribution in [-0.2, 0) is 27.1 Å². The molecular weight excluding hydrogens is 444 g/mol. The number of fused-ring (bicyclic) bond motifs is 3. The van der Waals surface area contributed by atoms with Crippen LogP contribution in [0.2, 0.25) is 0 Å². The second-order valence-corrected chi connectivity index (χ2v) is 10.5. The average molecular weight is 474 g/mol. The smallest absolute Gasteiger partial charge is 0.339 e. The van der Waals surface area contributed by atoms with E-state index in [9.17, 15) is 13.6 Å². The number of aromatic nitrogens is 1. The van der Waals surface area contributed by atoms with Gasteiger partial charge < -0.3 is 9.47 Å². The van der Waals surface area contributed by atoms with Crippen molar-refractivity contribution in [3.63, 3.8) is 0 Å². The van der Waals surface area contributed by atoms with Crippen LogP contribution in [0.5, 0.6) is 0 Å². The molecule has 2 aromatic heterocycles. The number of alkyl halides is 2. The molecule has 0 unspecified atom stereocenters. The molecule has 4 nitrogen and oxygen atoms in total. The standard InChI is InChI=1S/C26H29F2NO3S/c1-14-19(22(25(30)31-5)32-26(2,3)4)20(15-10-12-16(13-11-15)23(27)28)21-17-8-6-7-9-18(17)33-24(21)29-14/h10-13,22-23H,6-9H2,1-5H3/t22-/m0/s1. The van der Waals surface area contributed by atoms with Gasteiger partial charge in [0.05, 0.1) is 12.7 Å². The predicted molar refractivity (Wildman–Crippen MR) is 127 cm³/mol. The Balaban J connectivity index is 2.05.